The van der Waals surface area contributed by atoms with Crippen LogP contribution < -0.4 is 5.73 Å². The number of hydrogen-bond acceptors (Lipinski definition) is 4. The Morgan fingerprint density at radius 1 is 1.30 bits per heavy atom. The molecule has 6 nitrogen and oxygen atoms in total. The Kier molecular flexibility index (Phi) is 4.86. The summed E-state index contributed by atoms with van der Waals surface area (Å²) in [6, 6.07) is 0.488. The third-order valence-corrected chi connectivity index (χ3v) is 4.52. The molecule has 0 aromatic carbocycles. The SMILES string of the molecule is CC(C)C(C(=O)N1CCN2CCCCC2C1)C(N)=NO. The van der Waals surface area contributed by atoms with Gasteiger partial charge in [0.15, 0.2) is 5.84 Å². The topological polar surface area (TPSA) is 82.2 Å². The fraction of sp³-hybridized carbons (Fsp3) is 0.857. The van der Waals surface area contributed by atoms with E-state index < -0.39 is 5.92 Å². The number of rotatable bonds is 3. The molecule has 2 saturated heterocycles. The van der Waals surface area contributed by atoms with E-state index in [9.17, 15) is 4.79 Å². The molecule has 2 aliphatic heterocycles. The summed E-state index contributed by atoms with van der Waals surface area (Å²) in [6.45, 7) is 7.48. The first-order valence-corrected chi connectivity index (χ1v) is 7.55. The van der Waals surface area contributed by atoms with Crippen molar-refractivity contribution in [3.63, 3.8) is 0 Å². The Morgan fingerprint density at radius 2 is 2.05 bits per heavy atom. The summed E-state index contributed by atoms with van der Waals surface area (Å²) in [5.41, 5.74) is 5.70. The lowest BCUT2D eigenvalue weighted by atomic mass is 9.91. The van der Waals surface area contributed by atoms with Crippen molar-refractivity contribution in [3.8, 4) is 0 Å². The molecule has 0 bridgehead atoms. The van der Waals surface area contributed by atoms with Gasteiger partial charge in [-0.2, -0.15) is 0 Å². The number of piperidine rings is 1. The van der Waals surface area contributed by atoms with Crippen LogP contribution in [0.4, 0.5) is 0 Å². The molecule has 20 heavy (non-hydrogen) atoms. The number of carbonyl (C=O) groups is 1. The van der Waals surface area contributed by atoms with Crippen LogP contribution in [-0.2, 0) is 4.79 Å². The van der Waals surface area contributed by atoms with E-state index in [1.54, 1.807) is 0 Å². The van der Waals surface area contributed by atoms with Gasteiger partial charge in [-0.25, -0.2) is 0 Å². The minimum atomic E-state index is -0.518. The summed E-state index contributed by atoms with van der Waals surface area (Å²) < 4.78 is 0. The van der Waals surface area contributed by atoms with E-state index in [1.807, 2.05) is 18.7 Å². The van der Waals surface area contributed by atoms with E-state index >= 15 is 0 Å². The van der Waals surface area contributed by atoms with Crippen LogP contribution in [-0.4, -0.2) is 59.0 Å². The molecule has 0 aliphatic carbocycles. The molecule has 0 radical (unpaired) electrons. The number of oxime groups is 1. The molecule has 0 spiro atoms. The van der Waals surface area contributed by atoms with Crippen LogP contribution in [0.1, 0.15) is 33.1 Å². The summed E-state index contributed by atoms with van der Waals surface area (Å²) in [5.74, 6) is -0.463. The number of piperazine rings is 1. The predicted molar refractivity (Wildman–Crippen MR) is 77.5 cm³/mol. The molecule has 0 saturated carbocycles. The highest BCUT2D eigenvalue weighted by molar-refractivity contribution is 6.02. The zero-order chi connectivity index (χ0) is 14.7. The average molecular weight is 282 g/mol. The molecular formula is C14H26N4O2. The molecule has 3 N–H and O–H groups in total. The van der Waals surface area contributed by atoms with Gasteiger partial charge in [0.1, 0.15) is 5.92 Å². The van der Waals surface area contributed by atoms with Crippen LogP contribution in [0.15, 0.2) is 5.16 Å². The monoisotopic (exact) mass is 282 g/mol. The van der Waals surface area contributed by atoms with Gasteiger partial charge in [0.2, 0.25) is 5.91 Å². The summed E-state index contributed by atoms with van der Waals surface area (Å²) in [7, 11) is 0. The van der Waals surface area contributed by atoms with Gasteiger partial charge in [-0.3, -0.25) is 9.69 Å². The Morgan fingerprint density at radius 3 is 2.70 bits per heavy atom. The van der Waals surface area contributed by atoms with Gasteiger partial charge >= 0.3 is 0 Å². The standard InChI is InChI=1S/C14H26N4O2/c1-10(2)12(13(15)16-20)14(19)18-8-7-17-6-4-3-5-11(17)9-18/h10-12,20H,3-9H2,1-2H3,(H2,15,16). The summed E-state index contributed by atoms with van der Waals surface area (Å²) in [6.07, 6.45) is 3.68. The maximum absolute atomic E-state index is 12.7. The first-order valence-electron chi connectivity index (χ1n) is 7.55. The minimum absolute atomic E-state index is 0.000485. The Hall–Kier alpha value is -1.30. The fourth-order valence-electron chi connectivity index (χ4n) is 3.37. The normalized spacial score (nSPS) is 26.4. The largest absolute Gasteiger partial charge is 0.409 e. The Labute approximate surface area is 120 Å². The number of amides is 1. The lowest BCUT2D eigenvalue weighted by molar-refractivity contribution is -0.138. The van der Waals surface area contributed by atoms with Crippen LogP contribution in [0.3, 0.4) is 0 Å². The smallest absolute Gasteiger partial charge is 0.233 e. The summed E-state index contributed by atoms with van der Waals surface area (Å²) in [4.78, 5) is 17.0. The number of nitrogens with two attached hydrogens (primary N) is 1. The number of carbonyl (C=O) groups excluding carboxylic acids is 1. The molecule has 2 atom stereocenters. The highest BCUT2D eigenvalue weighted by atomic mass is 16.4. The molecule has 0 aromatic rings. The molecule has 2 aliphatic rings. The van der Waals surface area contributed by atoms with E-state index in [1.165, 1.54) is 19.3 Å². The molecule has 2 fully saturated rings. The quantitative estimate of drug-likeness (QED) is 0.345. The Balaban J connectivity index is 2.04. The lowest BCUT2D eigenvalue weighted by Crippen LogP contribution is -2.58. The van der Waals surface area contributed by atoms with E-state index in [2.05, 4.69) is 10.1 Å². The average Bonchev–Trinajstić information content (AvgIpc) is 2.46. The van der Waals surface area contributed by atoms with Gasteiger partial charge in [0.25, 0.3) is 0 Å². The second kappa shape index (κ2) is 6.43. The van der Waals surface area contributed by atoms with Gasteiger partial charge in [-0.15, -0.1) is 0 Å². The molecule has 6 heteroatoms. The highest BCUT2D eigenvalue weighted by Gasteiger charge is 2.36. The van der Waals surface area contributed by atoms with Crippen LogP contribution in [0.2, 0.25) is 0 Å². The third kappa shape index (κ3) is 3.06. The number of hydrogen-bond donors (Lipinski definition) is 2. The summed E-state index contributed by atoms with van der Waals surface area (Å²) >= 11 is 0. The zero-order valence-electron chi connectivity index (χ0n) is 12.5. The van der Waals surface area contributed by atoms with E-state index in [0.29, 0.717) is 6.04 Å². The zero-order valence-corrected chi connectivity index (χ0v) is 12.5. The fourth-order valence-corrected chi connectivity index (χ4v) is 3.37. The van der Waals surface area contributed by atoms with E-state index in [0.717, 1.165) is 26.2 Å². The molecular weight excluding hydrogens is 256 g/mol. The van der Waals surface area contributed by atoms with Gasteiger partial charge in [-0.05, 0) is 25.3 Å². The van der Waals surface area contributed by atoms with Gasteiger partial charge in [0.05, 0.1) is 0 Å². The van der Waals surface area contributed by atoms with Crippen LogP contribution in [0, 0.1) is 11.8 Å². The molecule has 0 aromatic heterocycles. The van der Waals surface area contributed by atoms with Crippen molar-refractivity contribution in [1.29, 1.82) is 0 Å². The maximum atomic E-state index is 12.7. The maximum Gasteiger partial charge on any atom is 0.233 e. The van der Waals surface area contributed by atoms with Crippen LogP contribution >= 0.6 is 0 Å². The van der Waals surface area contributed by atoms with Crippen LogP contribution in [0.5, 0.6) is 0 Å². The minimum Gasteiger partial charge on any atom is -0.409 e. The summed E-state index contributed by atoms with van der Waals surface area (Å²) in [5, 5.41) is 11.9. The molecule has 2 rings (SSSR count). The second-order valence-electron chi connectivity index (χ2n) is 6.22. The first kappa shape index (κ1) is 15.1. The second-order valence-corrected chi connectivity index (χ2v) is 6.22. The van der Waals surface area contributed by atoms with Crippen molar-refractivity contribution < 1.29 is 10.0 Å². The van der Waals surface area contributed by atoms with Crippen molar-refractivity contribution in [2.45, 2.75) is 39.2 Å². The molecule has 2 heterocycles. The molecule has 114 valence electrons. The van der Waals surface area contributed by atoms with Gasteiger partial charge in [0, 0.05) is 25.7 Å². The Bertz CT molecular complexity index is 383. The third-order valence-electron chi connectivity index (χ3n) is 4.52. The highest BCUT2D eigenvalue weighted by Crippen LogP contribution is 2.23. The number of nitrogens with zero attached hydrogens (tertiary/aromatic N) is 3. The predicted octanol–water partition coefficient (Wildman–Crippen LogP) is 0.702. The number of fused-ring (bicyclic) bond motifs is 1. The van der Waals surface area contributed by atoms with Crippen LogP contribution in [0.25, 0.3) is 0 Å². The van der Waals surface area contributed by atoms with Crippen molar-refractivity contribution in [3.05, 3.63) is 0 Å². The van der Waals surface area contributed by atoms with Gasteiger partial charge in [-0.1, -0.05) is 25.4 Å². The molecule has 1 amide bonds. The van der Waals surface area contributed by atoms with E-state index in [4.69, 9.17) is 10.9 Å². The van der Waals surface area contributed by atoms with Crippen molar-refractivity contribution >= 4 is 11.7 Å². The van der Waals surface area contributed by atoms with Crippen molar-refractivity contribution in [2.75, 3.05) is 26.2 Å². The van der Waals surface area contributed by atoms with Crippen molar-refractivity contribution in [1.82, 2.24) is 9.80 Å². The first-order chi connectivity index (χ1) is 9.54. The van der Waals surface area contributed by atoms with Crippen molar-refractivity contribution in [2.24, 2.45) is 22.7 Å². The molecule has 2 unspecified atom stereocenters. The van der Waals surface area contributed by atoms with E-state index in [-0.39, 0.29) is 17.7 Å². The lowest BCUT2D eigenvalue weighted by Gasteiger charge is -2.45. The van der Waals surface area contributed by atoms with Gasteiger partial charge < -0.3 is 15.8 Å². The number of amidine groups is 1.